The van der Waals surface area contributed by atoms with E-state index >= 15 is 0 Å². The lowest BCUT2D eigenvalue weighted by atomic mass is 9.92. The average Bonchev–Trinajstić information content (AvgIpc) is 2.84. The molecule has 2 aromatic carbocycles. The lowest BCUT2D eigenvalue weighted by Gasteiger charge is -2.28. The van der Waals surface area contributed by atoms with Crippen molar-refractivity contribution < 1.29 is 9.90 Å². The van der Waals surface area contributed by atoms with Crippen LogP contribution in [0.1, 0.15) is 66.6 Å². The van der Waals surface area contributed by atoms with E-state index in [1.54, 1.807) is 0 Å². The molecule has 1 aliphatic rings. The van der Waals surface area contributed by atoms with Crippen LogP contribution in [0.2, 0.25) is 0 Å². The van der Waals surface area contributed by atoms with Gasteiger partial charge in [0.2, 0.25) is 0 Å². The number of nitrogens with zero attached hydrogens (tertiary/aromatic N) is 1. The maximum absolute atomic E-state index is 12.8. The first kappa shape index (κ1) is 24.9. The number of nitrogens with two attached hydrogens (primary N) is 1. The lowest BCUT2D eigenvalue weighted by Crippen LogP contribution is -2.45. The molecule has 1 aromatic heterocycles. The fourth-order valence-corrected chi connectivity index (χ4v) is 4.52. The van der Waals surface area contributed by atoms with Gasteiger partial charge in [-0.25, -0.2) is 0 Å². The summed E-state index contributed by atoms with van der Waals surface area (Å²) in [6.07, 6.45) is 6.86. The van der Waals surface area contributed by atoms with Crippen LogP contribution < -0.4 is 16.4 Å². The van der Waals surface area contributed by atoms with Crippen LogP contribution in [0.4, 0.5) is 5.69 Å². The van der Waals surface area contributed by atoms with Gasteiger partial charge in [-0.1, -0.05) is 43.2 Å². The number of aliphatic hydroxyl groups excluding tert-OH is 1. The predicted molar refractivity (Wildman–Crippen MR) is 141 cm³/mol. The Morgan fingerprint density at radius 3 is 2.51 bits per heavy atom. The first-order valence-corrected chi connectivity index (χ1v) is 12.4. The smallest absolute Gasteiger partial charge is 0.251 e. The zero-order chi connectivity index (χ0) is 25.0. The van der Waals surface area contributed by atoms with E-state index in [0.717, 1.165) is 59.2 Å². The second-order valence-corrected chi connectivity index (χ2v) is 10.2. The molecule has 2 atom stereocenters. The van der Waals surface area contributed by atoms with Gasteiger partial charge in [0.25, 0.3) is 5.91 Å². The summed E-state index contributed by atoms with van der Waals surface area (Å²) in [5.41, 5.74) is 12.6. The topological polar surface area (TPSA) is 100 Å². The molecular weight excluding hydrogens is 436 g/mol. The zero-order valence-electron chi connectivity index (χ0n) is 20.8. The molecule has 1 aliphatic carbocycles. The van der Waals surface area contributed by atoms with Crippen molar-refractivity contribution in [2.75, 3.05) is 5.32 Å². The van der Waals surface area contributed by atoms with Crippen LogP contribution in [-0.2, 0) is 12.1 Å². The number of amides is 1. The molecule has 0 radical (unpaired) electrons. The van der Waals surface area contributed by atoms with E-state index in [9.17, 15) is 9.90 Å². The molecule has 1 saturated carbocycles. The van der Waals surface area contributed by atoms with Crippen LogP contribution >= 0.6 is 0 Å². The molecule has 35 heavy (non-hydrogen) atoms. The Kier molecular flexibility index (Phi) is 7.53. The number of benzene rings is 2. The number of rotatable bonds is 7. The first-order chi connectivity index (χ1) is 16.7. The minimum absolute atomic E-state index is 0.147. The quantitative estimate of drug-likeness (QED) is 0.392. The molecule has 0 saturated heterocycles. The molecule has 1 heterocycles. The molecule has 0 unspecified atom stereocenters. The molecule has 0 spiro atoms. The number of pyridine rings is 1. The molecule has 0 bridgehead atoms. The Morgan fingerprint density at radius 1 is 1.06 bits per heavy atom. The Bertz CT molecular complexity index is 1170. The summed E-state index contributed by atoms with van der Waals surface area (Å²) in [4.78, 5) is 17.2. The third-order valence-corrected chi connectivity index (χ3v) is 6.79. The maximum Gasteiger partial charge on any atom is 0.251 e. The van der Waals surface area contributed by atoms with E-state index < -0.39 is 6.10 Å². The van der Waals surface area contributed by atoms with Crippen LogP contribution in [-0.4, -0.2) is 28.1 Å². The van der Waals surface area contributed by atoms with E-state index in [0.29, 0.717) is 12.1 Å². The Morgan fingerprint density at radius 2 is 1.80 bits per heavy atom. The van der Waals surface area contributed by atoms with Gasteiger partial charge in [0, 0.05) is 41.3 Å². The Hall–Kier alpha value is -3.22. The highest BCUT2D eigenvalue weighted by molar-refractivity contribution is 5.95. The van der Waals surface area contributed by atoms with Crippen molar-refractivity contribution in [3.8, 4) is 11.1 Å². The summed E-state index contributed by atoms with van der Waals surface area (Å²) in [7, 11) is 0. The van der Waals surface area contributed by atoms with E-state index in [-0.39, 0.29) is 17.5 Å². The third-order valence-electron chi connectivity index (χ3n) is 6.79. The van der Waals surface area contributed by atoms with Gasteiger partial charge < -0.3 is 21.5 Å². The van der Waals surface area contributed by atoms with Crippen molar-refractivity contribution in [3.63, 3.8) is 0 Å². The van der Waals surface area contributed by atoms with Crippen molar-refractivity contribution in [2.24, 2.45) is 5.73 Å². The predicted octanol–water partition coefficient (Wildman–Crippen LogP) is 4.90. The van der Waals surface area contributed by atoms with Gasteiger partial charge in [-0.05, 0) is 74.1 Å². The first-order valence-electron chi connectivity index (χ1n) is 12.4. The third kappa shape index (κ3) is 6.27. The van der Waals surface area contributed by atoms with Crippen molar-refractivity contribution in [1.82, 2.24) is 10.3 Å². The highest BCUT2D eigenvalue weighted by Crippen LogP contribution is 2.25. The molecule has 184 valence electrons. The molecular formula is C29H36N4O2. The molecule has 0 aliphatic heterocycles. The number of aromatic nitrogens is 1. The SMILES string of the molecule is Cc1ccc(C(=O)N[C@H]2CCCC[C@@H]2O)cc1NCc1cncc(-c2ccc(C(C)(C)N)cc2)c1. The fraction of sp³-hybridized carbons (Fsp3) is 0.379. The Balaban J connectivity index is 1.43. The number of nitrogens with one attached hydrogen (secondary N) is 2. The fourth-order valence-electron chi connectivity index (χ4n) is 4.52. The van der Waals surface area contributed by atoms with Crippen LogP contribution in [0.15, 0.2) is 60.9 Å². The summed E-state index contributed by atoms with van der Waals surface area (Å²) in [6.45, 7) is 6.59. The monoisotopic (exact) mass is 472 g/mol. The molecule has 1 fully saturated rings. The summed E-state index contributed by atoms with van der Waals surface area (Å²) in [6, 6.07) is 15.9. The molecule has 1 amide bonds. The van der Waals surface area contributed by atoms with Crippen molar-refractivity contribution >= 4 is 11.6 Å². The molecule has 3 aromatic rings. The molecule has 5 N–H and O–H groups in total. The number of anilines is 1. The number of carbonyl (C=O) groups is 1. The minimum atomic E-state index is -0.464. The molecule has 6 nitrogen and oxygen atoms in total. The van der Waals surface area contributed by atoms with Gasteiger partial charge in [-0.3, -0.25) is 9.78 Å². The second-order valence-electron chi connectivity index (χ2n) is 10.2. The van der Waals surface area contributed by atoms with E-state index in [1.165, 1.54) is 0 Å². The van der Waals surface area contributed by atoms with E-state index in [2.05, 4.69) is 45.9 Å². The average molecular weight is 473 g/mol. The number of hydrogen-bond acceptors (Lipinski definition) is 5. The molecule has 6 heteroatoms. The highest BCUT2D eigenvalue weighted by Gasteiger charge is 2.25. The normalized spacial score (nSPS) is 18.2. The van der Waals surface area contributed by atoms with Gasteiger partial charge >= 0.3 is 0 Å². The van der Waals surface area contributed by atoms with Crippen molar-refractivity contribution in [2.45, 2.75) is 70.7 Å². The number of aliphatic hydroxyl groups is 1. The second kappa shape index (κ2) is 10.6. The standard InChI is InChI=1S/C29H36N4O2/c1-19-8-9-22(28(35)33-25-6-4-5-7-27(25)34)15-26(19)32-17-20-14-23(18-31-16-20)21-10-12-24(13-11-21)29(2,3)30/h8-16,18,25,27,32,34H,4-7,17,30H2,1-3H3,(H,33,35)/t25-,27-/m0/s1. The minimum Gasteiger partial charge on any atom is -0.391 e. The van der Waals surface area contributed by atoms with Crippen LogP contribution in [0, 0.1) is 6.92 Å². The summed E-state index contributed by atoms with van der Waals surface area (Å²) in [5.74, 6) is -0.147. The zero-order valence-corrected chi connectivity index (χ0v) is 20.8. The largest absolute Gasteiger partial charge is 0.391 e. The van der Waals surface area contributed by atoms with Crippen LogP contribution in [0.5, 0.6) is 0 Å². The maximum atomic E-state index is 12.8. The van der Waals surface area contributed by atoms with Crippen molar-refractivity contribution in [3.05, 3.63) is 83.2 Å². The van der Waals surface area contributed by atoms with Gasteiger partial charge in [-0.15, -0.1) is 0 Å². The number of hydrogen-bond donors (Lipinski definition) is 4. The highest BCUT2D eigenvalue weighted by atomic mass is 16.3. The van der Waals surface area contributed by atoms with E-state index in [1.807, 2.05) is 51.4 Å². The lowest BCUT2D eigenvalue weighted by molar-refractivity contribution is 0.0717. The van der Waals surface area contributed by atoms with E-state index in [4.69, 9.17) is 5.73 Å². The summed E-state index contributed by atoms with van der Waals surface area (Å²) >= 11 is 0. The number of aryl methyl sites for hydroxylation is 1. The van der Waals surface area contributed by atoms with Gasteiger partial charge in [-0.2, -0.15) is 0 Å². The van der Waals surface area contributed by atoms with Crippen LogP contribution in [0.25, 0.3) is 11.1 Å². The van der Waals surface area contributed by atoms with Crippen molar-refractivity contribution in [1.29, 1.82) is 0 Å². The number of carbonyl (C=O) groups excluding carboxylic acids is 1. The van der Waals surface area contributed by atoms with Gasteiger partial charge in [0.15, 0.2) is 0 Å². The van der Waals surface area contributed by atoms with Gasteiger partial charge in [0.1, 0.15) is 0 Å². The van der Waals surface area contributed by atoms with Crippen LogP contribution in [0.3, 0.4) is 0 Å². The van der Waals surface area contributed by atoms with Gasteiger partial charge in [0.05, 0.1) is 12.1 Å². The Labute approximate surface area is 208 Å². The summed E-state index contributed by atoms with van der Waals surface area (Å²) in [5, 5.41) is 16.7. The summed E-state index contributed by atoms with van der Waals surface area (Å²) < 4.78 is 0. The molecule has 4 rings (SSSR count).